The molecule has 2 aromatic rings. The first kappa shape index (κ1) is 17.2. The molecule has 0 aliphatic heterocycles. The van der Waals surface area contributed by atoms with Crippen LogP contribution in [0.2, 0.25) is 0 Å². The molecule has 0 atom stereocenters. The number of para-hydroxylation sites is 1. The SMILES string of the molecule is CCOC(=O)CC(=O)Nc1cccc(C(=O)Nc2ccccc2)c1. The van der Waals surface area contributed by atoms with Crippen molar-refractivity contribution < 1.29 is 19.1 Å². The van der Waals surface area contributed by atoms with Gasteiger partial charge in [0.25, 0.3) is 5.91 Å². The maximum atomic E-state index is 12.2. The third-order valence-corrected chi connectivity index (χ3v) is 3.05. The highest BCUT2D eigenvalue weighted by molar-refractivity contribution is 6.06. The normalized spacial score (nSPS) is 9.88. The van der Waals surface area contributed by atoms with Crippen LogP contribution in [0.5, 0.6) is 0 Å². The van der Waals surface area contributed by atoms with Gasteiger partial charge in [0.05, 0.1) is 6.61 Å². The van der Waals surface area contributed by atoms with Gasteiger partial charge in [0.2, 0.25) is 5.91 Å². The van der Waals surface area contributed by atoms with Crippen LogP contribution >= 0.6 is 0 Å². The molecule has 0 heterocycles. The van der Waals surface area contributed by atoms with Crippen LogP contribution in [0.3, 0.4) is 0 Å². The number of anilines is 2. The predicted molar refractivity (Wildman–Crippen MR) is 90.7 cm³/mol. The number of rotatable bonds is 6. The number of carbonyl (C=O) groups is 3. The molecule has 0 bridgehead atoms. The first-order chi connectivity index (χ1) is 11.6. The summed E-state index contributed by atoms with van der Waals surface area (Å²) in [5.41, 5.74) is 1.51. The summed E-state index contributed by atoms with van der Waals surface area (Å²) in [5, 5.41) is 5.33. The van der Waals surface area contributed by atoms with Gasteiger partial charge in [-0.3, -0.25) is 14.4 Å². The molecule has 0 saturated carbocycles. The fourth-order valence-electron chi connectivity index (χ4n) is 2.01. The zero-order valence-corrected chi connectivity index (χ0v) is 13.2. The summed E-state index contributed by atoms with van der Waals surface area (Å²) < 4.78 is 4.71. The van der Waals surface area contributed by atoms with E-state index in [2.05, 4.69) is 10.6 Å². The lowest BCUT2D eigenvalue weighted by atomic mass is 10.1. The Morgan fingerprint density at radius 2 is 1.62 bits per heavy atom. The van der Waals surface area contributed by atoms with Crippen LogP contribution in [0.25, 0.3) is 0 Å². The Balaban J connectivity index is 1.99. The summed E-state index contributed by atoms with van der Waals surface area (Å²) in [6.07, 6.45) is -0.367. The standard InChI is InChI=1S/C18H18N2O4/c1-2-24-17(22)12-16(21)19-15-10-6-7-13(11-15)18(23)20-14-8-4-3-5-9-14/h3-11H,2,12H2,1H3,(H,19,21)(H,20,23). The van der Waals surface area contributed by atoms with Crippen LogP contribution in [-0.4, -0.2) is 24.4 Å². The highest BCUT2D eigenvalue weighted by atomic mass is 16.5. The first-order valence-corrected chi connectivity index (χ1v) is 7.50. The van der Waals surface area contributed by atoms with Crippen molar-refractivity contribution in [2.45, 2.75) is 13.3 Å². The number of carbonyl (C=O) groups excluding carboxylic acids is 3. The van der Waals surface area contributed by atoms with Gasteiger partial charge < -0.3 is 15.4 Å². The Kier molecular flexibility index (Phi) is 6.08. The monoisotopic (exact) mass is 326 g/mol. The topological polar surface area (TPSA) is 84.5 Å². The van der Waals surface area contributed by atoms with Gasteiger partial charge in [-0.15, -0.1) is 0 Å². The maximum absolute atomic E-state index is 12.2. The smallest absolute Gasteiger partial charge is 0.315 e. The van der Waals surface area contributed by atoms with Crippen LogP contribution < -0.4 is 10.6 Å². The average Bonchev–Trinajstić information content (AvgIpc) is 2.56. The van der Waals surface area contributed by atoms with E-state index in [0.717, 1.165) is 0 Å². The molecular weight excluding hydrogens is 308 g/mol. The second-order valence-electron chi connectivity index (χ2n) is 4.93. The van der Waals surface area contributed by atoms with Gasteiger partial charge in [0, 0.05) is 16.9 Å². The zero-order valence-electron chi connectivity index (χ0n) is 13.2. The fourth-order valence-corrected chi connectivity index (χ4v) is 2.01. The zero-order chi connectivity index (χ0) is 17.4. The van der Waals surface area contributed by atoms with Crippen molar-refractivity contribution in [2.24, 2.45) is 0 Å². The second-order valence-corrected chi connectivity index (χ2v) is 4.93. The Morgan fingerprint density at radius 3 is 2.33 bits per heavy atom. The van der Waals surface area contributed by atoms with Crippen molar-refractivity contribution in [1.82, 2.24) is 0 Å². The van der Waals surface area contributed by atoms with Gasteiger partial charge in [-0.05, 0) is 37.3 Å². The highest BCUT2D eigenvalue weighted by Gasteiger charge is 2.12. The molecule has 6 nitrogen and oxygen atoms in total. The van der Waals surface area contributed by atoms with Crippen molar-refractivity contribution in [3.63, 3.8) is 0 Å². The quantitative estimate of drug-likeness (QED) is 0.631. The van der Waals surface area contributed by atoms with E-state index in [0.29, 0.717) is 16.9 Å². The molecule has 2 N–H and O–H groups in total. The number of ether oxygens (including phenoxy) is 1. The van der Waals surface area contributed by atoms with Gasteiger partial charge in [-0.25, -0.2) is 0 Å². The van der Waals surface area contributed by atoms with Gasteiger partial charge in [-0.1, -0.05) is 24.3 Å². The molecule has 2 aromatic carbocycles. The number of hydrogen-bond acceptors (Lipinski definition) is 4. The van der Waals surface area contributed by atoms with Crippen molar-refractivity contribution in [3.8, 4) is 0 Å². The minimum atomic E-state index is -0.590. The molecule has 2 rings (SSSR count). The first-order valence-electron chi connectivity index (χ1n) is 7.50. The van der Waals surface area contributed by atoms with E-state index in [1.54, 1.807) is 43.3 Å². The fraction of sp³-hybridized carbons (Fsp3) is 0.167. The van der Waals surface area contributed by atoms with Crippen LogP contribution in [0.1, 0.15) is 23.7 Å². The van der Waals surface area contributed by atoms with E-state index in [1.807, 2.05) is 18.2 Å². The van der Waals surface area contributed by atoms with Crippen LogP contribution in [0.15, 0.2) is 54.6 Å². The molecule has 0 fully saturated rings. The Morgan fingerprint density at radius 1 is 0.917 bits per heavy atom. The van der Waals surface area contributed by atoms with E-state index >= 15 is 0 Å². The van der Waals surface area contributed by atoms with Crippen molar-refractivity contribution >= 4 is 29.2 Å². The van der Waals surface area contributed by atoms with E-state index < -0.39 is 11.9 Å². The molecule has 2 amide bonds. The summed E-state index contributed by atoms with van der Waals surface area (Å²) in [4.78, 5) is 35.2. The molecular formula is C18H18N2O4. The van der Waals surface area contributed by atoms with Crippen LogP contribution in [0.4, 0.5) is 11.4 Å². The molecule has 0 radical (unpaired) electrons. The van der Waals surface area contributed by atoms with Crippen molar-refractivity contribution in [2.75, 3.05) is 17.2 Å². The maximum Gasteiger partial charge on any atom is 0.315 e. The van der Waals surface area contributed by atoms with Gasteiger partial charge >= 0.3 is 5.97 Å². The third kappa shape index (κ3) is 5.24. The molecule has 0 aliphatic rings. The average molecular weight is 326 g/mol. The number of amides is 2. The van der Waals surface area contributed by atoms with Crippen LogP contribution in [-0.2, 0) is 14.3 Å². The molecule has 0 spiro atoms. The third-order valence-electron chi connectivity index (χ3n) is 3.05. The van der Waals surface area contributed by atoms with E-state index in [9.17, 15) is 14.4 Å². The molecule has 0 aliphatic carbocycles. The van der Waals surface area contributed by atoms with Crippen molar-refractivity contribution in [1.29, 1.82) is 0 Å². The van der Waals surface area contributed by atoms with Crippen molar-refractivity contribution in [3.05, 3.63) is 60.2 Å². The van der Waals surface area contributed by atoms with E-state index in [4.69, 9.17) is 4.74 Å². The predicted octanol–water partition coefficient (Wildman–Crippen LogP) is 2.83. The van der Waals surface area contributed by atoms with Gasteiger partial charge in [-0.2, -0.15) is 0 Å². The van der Waals surface area contributed by atoms with Gasteiger partial charge in [0.1, 0.15) is 6.42 Å². The lowest BCUT2D eigenvalue weighted by Gasteiger charge is -2.08. The molecule has 0 aromatic heterocycles. The summed E-state index contributed by atoms with van der Waals surface area (Å²) in [7, 11) is 0. The Labute approximate surface area is 139 Å². The Bertz CT molecular complexity index is 729. The lowest BCUT2D eigenvalue weighted by molar-refractivity contribution is -0.145. The summed E-state index contributed by atoms with van der Waals surface area (Å²) in [6.45, 7) is 1.89. The molecule has 124 valence electrons. The molecule has 6 heteroatoms. The molecule has 0 saturated heterocycles. The van der Waals surface area contributed by atoms with Gasteiger partial charge in [0.15, 0.2) is 0 Å². The summed E-state index contributed by atoms with van der Waals surface area (Å²) in [6, 6.07) is 15.5. The number of esters is 1. The minimum absolute atomic E-state index is 0.223. The lowest BCUT2D eigenvalue weighted by Crippen LogP contribution is -2.18. The number of hydrogen-bond donors (Lipinski definition) is 2. The largest absolute Gasteiger partial charge is 0.466 e. The second kappa shape index (κ2) is 8.47. The van der Waals surface area contributed by atoms with Crippen LogP contribution in [0, 0.1) is 0 Å². The molecule has 0 unspecified atom stereocenters. The number of benzene rings is 2. The highest BCUT2D eigenvalue weighted by Crippen LogP contribution is 2.14. The van der Waals surface area contributed by atoms with E-state index in [-0.39, 0.29) is 18.9 Å². The summed E-state index contributed by atoms with van der Waals surface area (Å²) >= 11 is 0. The van der Waals surface area contributed by atoms with E-state index in [1.165, 1.54) is 0 Å². The minimum Gasteiger partial charge on any atom is -0.466 e. The molecule has 24 heavy (non-hydrogen) atoms. The Hall–Kier alpha value is -3.15. The number of nitrogens with one attached hydrogen (secondary N) is 2. The summed E-state index contributed by atoms with van der Waals surface area (Å²) in [5.74, 6) is -1.37.